The Bertz CT molecular complexity index is 1280. The van der Waals surface area contributed by atoms with Gasteiger partial charge >= 0.3 is 0 Å². The van der Waals surface area contributed by atoms with E-state index < -0.39 is 0 Å². The van der Waals surface area contributed by atoms with Crippen LogP contribution >= 0.6 is 23.7 Å². The fraction of sp³-hybridized carbons (Fsp3) is 0.370. The van der Waals surface area contributed by atoms with Gasteiger partial charge in [-0.05, 0) is 42.5 Å². The zero-order valence-corrected chi connectivity index (χ0v) is 22.4. The Morgan fingerprint density at radius 1 is 1.06 bits per heavy atom. The minimum Gasteiger partial charge on any atom is -0.495 e. The number of aromatic nitrogens is 3. The number of hydrogen-bond donors (Lipinski definition) is 1. The number of nitrogens with zero attached hydrogens (tertiary/aromatic N) is 4. The third-order valence-corrected chi connectivity index (χ3v) is 7.78. The molecule has 3 aromatic heterocycles. The van der Waals surface area contributed by atoms with Gasteiger partial charge in [0.25, 0.3) is 0 Å². The van der Waals surface area contributed by atoms with E-state index in [0.717, 1.165) is 58.7 Å². The Morgan fingerprint density at radius 2 is 1.89 bits per heavy atom. The second kappa shape index (κ2) is 12.0. The van der Waals surface area contributed by atoms with Gasteiger partial charge in [-0.25, -0.2) is 9.97 Å². The molecule has 1 aliphatic carbocycles. The van der Waals surface area contributed by atoms with Crippen molar-refractivity contribution >= 4 is 39.8 Å². The lowest BCUT2D eigenvalue weighted by Gasteiger charge is -2.26. The molecule has 1 fully saturated rings. The average molecular weight is 526 g/mol. The van der Waals surface area contributed by atoms with Crippen molar-refractivity contribution in [1.82, 2.24) is 20.3 Å². The zero-order valence-electron chi connectivity index (χ0n) is 20.8. The number of halogens is 1. The molecule has 0 radical (unpaired) electrons. The molecule has 1 aromatic carbocycles. The van der Waals surface area contributed by atoms with Crippen LogP contribution in [0.1, 0.15) is 29.7 Å². The number of thiophene rings is 1. The number of hydrogen-bond acceptors (Lipinski definition) is 8. The van der Waals surface area contributed by atoms with Gasteiger partial charge in [-0.3, -0.25) is 4.98 Å². The van der Waals surface area contributed by atoms with Crippen molar-refractivity contribution in [3.05, 3.63) is 65.6 Å². The highest BCUT2D eigenvalue weighted by Crippen LogP contribution is 2.34. The van der Waals surface area contributed by atoms with Crippen LogP contribution in [0.5, 0.6) is 5.75 Å². The molecule has 4 aromatic rings. The number of rotatable bonds is 9. The fourth-order valence-electron chi connectivity index (χ4n) is 4.82. The van der Waals surface area contributed by atoms with Crippen LogP contribution in [0.15, 0.2) is 55.1 Å². The highest BCUT2D eigenvalue weighted by Gasteiger charge is 2.29. The lowest BCUT2D eigenvalue weighted by atomic mass is 10.1. The summed E-state index contributed by atoms with van der Waals surface area (Å²) in [7, 11) is 5.55. The third kappa shape index (κ3) is 5.78. The van der Waals surface area contributed by atoms with E-state index in [-0.39, 0.29) is 12.4 Å². The number of nitrogens with one attached hydrogen (secondary N) is 1. The number of ether oxygens (including phenoxy) is 2. The lowest BCUT2D eigenvalue weighted by Crippen LogP contribution is -2.33. The number of pyridine rings is 1. The summed E-state index contributed by atoms with van der Waals surface area (Å²) < 4.78 is 10.6. The van der Waals surface area contributed by atoms with Crippen molar-refractivity contribution in [3.63, 3.8) is 0 Å². The van der Waals surface area contributed by atoms with Crippen molar-refractivity contribution in [2.45, 2.75) is 44.5 Å². The molecule has 1 N–H and O–H groups in total. The maximum atomic E-state index is 5.31. The number of benzene rings is 1. The molecule has 1 saturated carbocycles. The Labute approximate surface area is 222 Å². The van der Waals surface area contributed by atoms with E-state index in [1.165, 1.54) is 10.4 Å². The van der Waals surface area contributed by atoms with Crippen LogP contribution in [0, 0.1) is 0 Å². The third-order valence-electron chi connectivity index (χ3n) is 6.76. The fourth-order valence-corrected chi connectivity index (χ4v) is 5.78. The number of methoxy groups -OCH3 is 2. The van der Waals surface area contributed by atoms with Crippen molar-refractivity contribution in [3.8, 4) is 16.9 Å². The molecule has 0 amide bonds. The quantitative estimate of drug-likeness (QED) is 0.310. The van der Waals surface area contributed by atoms with Crippen LogP contribution in [-0.2, 0) is 17.9 Å². The molecule has 7 nitrogen and oxygen atoms in total. The minimum absolute atomic E-state index is 0. The molecule has 0 unspecified atom stereocenters. The molecule has 0 saturated heterocycles. The van der Waals surface area contributed by atoms with Crippen molar-refractivity contribution in [2.24, 2.45) is 0 Å². The van der Waals surface area contributed by atoms with Crippen LogP contribution in [0.3, 0.4) is 0 Å². The van der Waals surface area contributed by atoms with Crippen LogP contribution in [-0.4, -0.2) is 48.3 Å². The first kappa shape index (κ1) is 26.3. The molecule has 5 rings (SSSR count). The molecule has 9 heteroatoms. The van der Waals surface area contributed by atoms with Gasteiger partial charge in [-0.15, -0.1) is 23.7 Å². The smallest absolute Gasteiger partial charge is 0.140 e. The second-order valence-corrected chi connectivity index (χ2v) is 10.1. The SMILES string of the molecule is COCc1cc2c(N(C)[C@@H]3CC[C@H](NCc4ccc(-c5cncc(OC)c5)cc4)C3)ncnc2s1.Cl. The first-order chi connectivity index (χ1) is 17.1. The summed E-state index contributed by atoms with van der Waals surface area (Å²) in [5.41, 5.74) is 3.48. The van der Waals surface area contributed by atoms with E-state index in [1.807, 2.05) is 12.3 Å². The summed E-state index contributed by atoms with van der Waals surface area (Å²) >= 11 is 1.68. The molecule has 190 valence electrons. The highest BCUT2D eigenvalue weighted by molar-refractivity contribution is 7.18. The van der Waals surface area contributed by atoms with Gasteiger partial charge in [0.2, 0.25) is 0 Å². The Morgan fingerprint density at radius 3 is 2.67 bits per heavy atom. The monoisotopic (exact) mass is 525 g/mol. The van der Waals surface area contributed by atoms with Crippen LogP contribution < -0.4 is 15.0 Å². The van der Waals surface area contributed by atoms with Gasteiger partial charge < -0.3 is 19.7 Å². The van der Waals surface area contributed by atoms with Gasteiger partial charge in [-0.1, -0.05) is 24.3 Å². The van der Waals surface area contributed by atoms with Crippen LogP contribution in [0.4, 0.5) is 5.82 Å². The summed E-state index contributed by atoms with van der Waals surface area (Å²) in [6.07, 6.45) is 8.68. The van der Waals surface area contributed by atoms with Crippen LogP contribution in [0.25, 0.3) is 21.3 Å². The number of anilines is 1. The maximum absolute atomic E-state index is 5.31. The van der Waals surface area contributed by atoms with Gasteiger partial charge in [-0.2, -0.15) is 0 Å². The molecule has 1 aliphatic rings. The molecule has 36 heavy (non-hydrogen) atoms. The first-order valence-electron chi connectivity index (χ1n) is 11.9. The maximum Gasteiger partial charge on any atom is 0.140 e. The standard InChI is InChI=1S/C27H31N5O2S.ClH/c1-32(26-25-12-24(16-33-2)35-27(25)31-17-30-26)22-9-8-21(11-22)29-13-18-4-6-19(7-5-18)20-10-23(34-3)15-28-14-20;/h4-7,10,12,14-15,17,21-22,29H,8-9,11,13,16H2,1-3H3;1H/t21-,22+;/m0./s1. The highest BCUT2D eigenvalue weighted by atomic mass is 35.5. The summed E-state index contributed by atoms with van der Waals surface area (Å²) in [6.45, 7) is 1.47. The zero-order chi connectivity index (χ0) is 24.2. The normalized spacial score (nSPS) is 17.2. The van der Waals surface area contributed by atoms with E-state index in [0.29, 0.717) is 18.7 Å². The van der Waals surface area contributed by atoms with Crippen molar-refractivity contribution < 1.29 is 9.47 Å². The largest absolute Gasteiger partial charge is 0.495 e. The predicted molar refractivity (Wildman–Crippen MR) is 148 cm³/mol. The van der Waals surface area contributed by atoms with Gasteiger partial charge in [0.15, 0.2) is 0 Å². The summed E-state index contributed by atoms with van der Waals surface area (Å²) in [5.74, 6) is 1.79. The molecule has 3 heterocycles. The second-order valence-electron chi connectivity index (χ2n) is 9.03. The molecule has 0 bridgehead atoms. The van der Waals surface area contributed by atoms with E-state index in [2.05, 4.69) is 62.5 Å². The first-order valence-corrected chi connectivity index (χ1v) is 12.7. The molecular weight excluding hydrogens is 494 g/mol. The summed E-state index contributed by atoms with van der Waals surface area (Å²) in [4.78, 5) is 17.9. The summed E-state index contributed by atoms with van der Waals surface area (Å²) in [5, 5.41) is 4.88. The van der Waals surface area contributed by atoms with Gasteiger partial charge in [0, 0.05) is 49.4 Å². The Balaban J connectivity index is 0.00000304. The van der Waals surface area contributed by atoms with E-state index >= 15 is 0 Å². The van der Waals surface area contributed by atoms with E-state index in [9.17, 15) is 0 Å². The summed E-state index contributed by atoms with van der Waals surface area (Å²) in [6, 6.07) is 13.8. The molecule has 2 atom stereocenters. The van der Waals surface area contributed by atoms with Crippen molar-refractivity contribution in [2.75, 3.05) is 26.2 Å². The van der Waals surface area contributed by atoms with Gasteiger partial charge in [0.05, 0.1) is 25.3 Å². The Kier molecular flexibility index (Phi) is 8.74. The lowest BCUT2D eigenvalue weighted by molar-refractivity contribution is 0.187. The Hall–Kier alpha value is -2.78. The topological polar surface area (TPSA) is 72.4 Å². The molecular formula is C27H32ClN5O2S. The minimum atomic E-state index is 0. The van der Waals surface area contributed by atoms with Crippen LogP contribution in [0.2, 0.25) is 0 Å². The van der Waals surface area contributed by atoms with E-state index in [1.54, 1.807) is 38.1 Å². The van der Waals surface area contributed by atoms with Crippen molar-refractivity contribution in [1.29, 1.82) is 0 Å². The number of fused-ring (bicyclic) bond motifs is 1. The predicted octanol–water partition coefficient (Wildman–Crippen LogP) is 5.48. The molecule has 0 aliphatic heterocycles. The van der Waals surface area contributed by atoms with E-state index in [4.69, 9.17) is 9.47 Å². The van der Waals surface area contributed by atoms with Gasteiger partial charge in [0.1, 0.15) is 22.7 Å². The molecule has 0 spiro atoms. The average Bonchev–Trinajstić information content (AvgIpc) is 3.54.